The zero-order valence-corrected chi connectivity index (χ0v) is 11.4. The van der Waals surface area contributed by atoms with Crippen molar-refractivity contribution in [3.63, 3.8) is 0 Å². The van der Waals surface area contributed by atoms with Gasteiger partial charge < -0.3 is 5.11 Å². The SMILES string of the molecule is CC(C)(C)c1cc(Cl)nc(-c2cccc(O)c2)n1. The van der Waals surface area contributed by atoms with Gasteiger partial charge in [-0.25, -0.2) is 9.97 Å². The molecule has 2 aromatic rings. The average Bonchev–Trinajstić information content (AvgIpc) is 2.27. The Balaban J connectivity index is 2.55. The van der Waals surface area contributed by atoms with E-state index < -0.39 is 0 Å². The third kappa shape index (κ3) is 2.79. The first-order valence-electron chi connectivity index (χ1n) is 5.71. The van der Waals surface area contributed by atoms with Gasteiger partial charge in [0, 0.05) is 11.0 Å². The lowest BCUT2D eigenvalue weighted by molar-refractivity contribution is 0.475. The highest BCUT2D eigenvalue weighted by Gasteiger charge is 2.18. The predicted octanol–water partition coefficient (Wildman–Crippen LogP) is 3.80. The first kappa shape index (κ1) is 12.8. The average molecular weight is 263 g/mol. The second-order valence-electron chi connectivity index (χ2n) is 5.20. The van der Waals surface area contributed by atoms with Crippen molar-refractivity contribution in [3.05, 3.63) is 41.2 Å². The maximum absolute atomic E-state index is 9.48. The van der Waals surface area contributed by atoms with E-state index in [0.717, 1.165) is 11.3 Å². The minimum atomic E-state index is -0.0991. The molecule has 0 fully saturated rings. The summed E-state index contributed by atoms with van der Waals surface area (Å²) in [6.07, 6.45) is 0. The van der Waals surface area contributed by atoms with Crippen LogP contribution in [0.1, 0.15) is 26.5 Å². The van der Waals surface area contributed by atoms with Crippen LogP contribution < -0.4 is 0 Å². The van der Waals surface area contributed by atoms with E-state index in [1.165, 1.54) is 0 Å². The topological polar surface area (TPSA) is 46.0 Å². The smallest absolute Gasteiger partial charge is 0.161 e. The van der Waals surface area contributed by atoms with Gasteiger partial charge in [0.15, 0.2) is 5.82 Å². The first-order valence-corrected chi connectivity index (χ1v) is 6.08. The van der Waals surface area contributed by atoms with Crippen molar-refractivity contribution < 1.29 is 5.11 Å². The van der Waals surface area contributed by atoms with Crippen LogP contribution in [0, 0.1) is 0 Å². The summed E-state index contributed by atoms with van der Waals surface area (Å²) in [4.78, 5) is 8.71. The standard InChI is InChI=1S/C14H15ClN2O/c1-14(2,3)11-8-12(15)17-13(16-11)9-5-4-6-10(18)7-9/h4-8,18H,1-3H3. The predicted molar refractivity (Wildman–Crippen MR) is 72.8 cm³/mol. The maximum Gasteiger partial charge on any atom is 0.161 e. The molecule has 18 heavy (non-hydrogen) atoms. The number of halogens is 1. The number of hydrogen-bond donors (Lipinski definition) is 1. The lowest BCUT2D eigenvalue weighted by atomic mass is 9.92. The number of benzene rings is 1. The van der Waals surface area contributed by atoms with Gasteiger partial charge in [-0.2, -0.15) is 0 Å². The Bertz CT molecular complexity index is 576. The molecular formula is C14H15ClN2O. The molecule has 2 rings (SSSR count). The molecule has 94 valence electrons. The molecule has 0 atom stereocenters. The second-order valence-corrected chi connectivity index (χ2v) is 5.59. The molecule has 0 aliphatic carbocycles. The number of aromatic nitrogens is 2. The Morgan fingerprint density at radius 1 is 1.11 bits per heavy atom. The molecule has 0 saturated heterocycles. The molecule has 0 aliphatic rings. The Kier molecular flexibility index (Phi) is 3.26. The van der Waals surface area contributed by atoms with Gasteiger partial charge in [-0.1, -0.05) is 44.5 Å². The van der Waals surface area contributed by atoms with Gasteiger partial charge >= 0.3 is 0 Å². The van der Waals surface area contributed by atoms with Crippen molar-refractivity contribution >= 4 is 11.6 Å². The van der Waals surface area contributed by atoms with Crippen molar-refractivity contribution in [2.45, 2.75) is 26.2 Å². The third-order valence-corrected chi connectivity index (χ3v) is 2.76. The molecule has 0 radical (unpaired) electrons. The number of phenolic OH excluding ortho intramolecular Hbond substituents is 1. The van der Waals surface area contributed by atoms with E-state index in [-0.39, 0.29) is 11.2 Å². The number of nitrogens with zero attached hydrogens (tertiary/aromatic N) is 2. The third-order valence-electron chi connectivity index (χ3n) is 2.57. The van der Waals surface area contributed by atoms with Gasteiger partial charge in [0.1, 0.15) is 10.9 Å². The van der Waals surface area contributed by atoms with Gasteiger partial charge in [0.2, 0.25) is 0 Å². The molecule has 0 saturated carbocycles. The number of rotatable bonds is 1. The monoisotopic (exact) mass is 262 g/mol. The largest absolute Gasteiger partial charge is 0.508 e. The van der Waals surface area contributed by atoms with Crippen molar-refractivity contribution in [3.8, 4) is 17.1 Å². The summed E-state index contributed by atoms with van der Waals surface area (Å²) in [5.74, 6) is 0.719. The van der Waals surface area contributed by atoms with Crippen LogP contribution in [0.3, 0.4) is 0 Å². The van der Waals surface area contributed by atoms with Gasteiger partial charge in [-0.05, 0) is 18.2 Å². The second kappa shape index (κ2) is 4.58. The molecule has 0 bridgehead atoms. The van der Waals surface area contributed by atoms with E-state index in [2.05, 4.69) is 30.7 Å². The fraction of sp³-hybridized carbons (Fsp3) is 0.286. The highest BCUT2D eigenvalue weighted by Crippen LogP contribution is 2.26. The molecule has 1 aromatic carbocycles. The molecule has 0 amide bonds. The number of aromatic hydroxyl groups is 1. The van der Waals surface area contributed by atoms with E-state index in [4.69, 9.17) is 11.6 Å². The summed E-state index contributed by atoms with van der Waals surface area (Å²) >= 11 is 6.03. The number of phenols is 1. The fourth-order valence-electron chi connectivity index (χ4n) is 1.58. The summed E-state index contributed by atoms with van der Waals surface area (Å²) in [5, 5.41) is 9.89. The van der Waals surface area contributed by atoms with Crippen LogP contribution in [0.2, 0.25) is 5.15 Å². The van der Waals surface area contributed by atoms with Crippen LogP contribution in [0.15, 0.2) is 30.3 Å². The first-order chi connectivity index (χ1) is 8.36. The van der Waals surface area contributed by atoms with E-state index >= 15 is 0 Å². The van der Waals surface area contributed by atoms with Gasteiger partial charge in [-0.3, -0.25) is 0 Å². The molecule has 1 heterocycles. The van der Waals surface area contributed by atoms with Crippen molar-refractivity contribution in [1.29, 1.82) is 0 Å². The Hall–Kier alpha value is -1.61. The van der Waals surface area contributed by atoms with Crippen molar-refractivity contribution in [1.82, 2.24) is 9.97 Å². The van der Waals surface area contributed by atoms with Crippen molar-refractivity contribution in [2.24, 2.45) is 0 Å². The Labute approximate surface area is 111 Å². The Morgan fingerprint density at radius 2 is 1.83 bits per heavy atom. The molecular weight excluding hydrogens is 248 g/mol. The Morgan fingerprint density at radius 3 is 2.44 bits per heavy atom. The van der Waals surface area contributed by atoms with Gasteiger partial charge in [-0.15, -0.1) is 0 Å². The lowest BCUT2D eigenvalue weighted by Crippen LogP contribution is -2.14. The zero-order chi connectivity index (χ0) is 13.3. The normalized spacial score (nSPS) is 11.6. The zero-order valence-electron chi connectivity index (χ0n) is 10.6. The quantitative estimate of drug-likeness (QED) is 0.795. The van der Waals surface area contributed by atoms with E-state index in [1.807, 2.05) is 6.07 Å². The molecule has 0 unspecified atom stereocenters. The molecule has 4 heteroatoms. The van der Waals surface area contributed by atoms with Crippen LogP contribution in [0.5, 0.6) is 5.75 Å². The van der Waals surface area contributed by atoms with Gasteiger partial charge in [0.05, 0.1) is 5.69 Å². The molecule has 0 aliphatic heterocycles. The number of hydrogen-bond acceptors (Lipinski definition) is 3. The molecule has 1 aromatic heterocycles. The highest BCUT2D eigenvalue weighted by molar-refractivity contribution is 6.29. The minimum Gasteiger partial charge on any atom is -0.508 e. The summed E-state index contributed by atoms with van der Waals surface area (Å²) in [7, 11) is 0. The van der Waals surface area contributed by atoms with Crippen LogP contribution in [-0.2, 0) is 5.41 Å². The van der Waals surface area contributed by atoms with E-state index in [1.54, 1.807) is 24.3 Å². The van der Waals surface area contributed by atoms with E-state index in [9.17, 15) is 5.11 Å². The van der Waals surface area contributed by atoms with Crippen LogP contribution in [0.4, 0.5) is 0 Å². The fourth-order valence-corrected chi connectivity index (χ4v) is 1.76. The van der Waals surface area contributed by atoms with Crippen LogP contribution in [-0.4, -0.2) is 15.1 Å². The van der Waals surface area contributed by atoms with Crippen LogP contribution in [0.25, 0.3) is 11.4 Å². The maximum atomic E-state index is 9.48. The summed E-state index contributed by atoms with van der Waals surface area (Å²) in [6, 6.07) is 8.61. The summed E-state index contributed by atoms with van der Waals surface area (Å²) in [6.45, 7) is 6.20. The summed E-state index contributed by atoms with van der Waals surface area (Å²) < 4.78 is 0. The lowest BCUT2D eigenvalue weighted by Gasteiger charge is -2.18. The highest BCUT2D eigenvalue weighted by atomic mass is 35.5. The van der Waals surface area contributed by atoms with Gasteiger partial charge in [0.25, 0.3) is 0 Å². The molecule has 3 nitrogen and oxygen atoms in total. The van der Waals surface area contributed by atoms with Crippen LogP contribution >= 0.6 is 11.6 Å². The van der Waals surface area contributed by atoms with E-state index in [0.29, 0.717) is 11.0 Å². The summed E-state index contributed by atoms with van der Waals surface area (Å²) in [5.41, 5.74) is 1.53. The minimum absolute atomic E-state index is 0.0991. The van der Waals surface area contributed by atoms with Crippen molar-refractivity contribution in [2.75, 3.05) is 0 Å². The molecule has 0 spiro atoms. The molecule has 1 N–H and O–H groups in total.